The zero-order valence-corrected chi connectivity index (χ0v) is 10.2. The van der Waals surface area contributed by atoms with Gasteiger partial charge in [-0.25, -0.2) is 0 Å². The standard InChI is InChI=1S/C11H11BrO3/c1-14-9-5-7(12)6-3-4-8(13)10(6)11(9)15-2/h5H,3-4H2,1-2H3. The van der Waals surface area contributed by atoms with Crippen molar-refractivity contribution in [3.63, 3.8) is 0 Å². The summed E-state index contributed by atoms with van der Waals surface area (Å²) < 4.78 is 11.3. The molecule has 1 aromatic carbocycles. The summed E-state index contributed by atoms with van der Waals surface area (Å²) >= 11 is 3.44. The predicted molar refractivity (Wildman–Crippen MR) is 59.9 cm³/mol. The number of ketones is 1. The first kappa shape index (κ1) is 10.5. The lowest BCUT2D eigenvalue weighted by molar-refractivity contribution is 0.0991. The minimum Gasteiger partial charge on any atom is -0.493 e. The molecule has 3 nitrogen and oxygen atoms in total. The maximum absolute atomic E-state index is 11.7. The molecular formula is C11H11BrO3. The van der Waals surface area contributed by atoms with Crippen molar-refractivity contribution in [3.05, 3.63) is 21.7 Å². The Morgan fingerprint density at radius 2 is 2.00 bits per heavy atom. The van der Waals surface area contributed by atoms with Crippen molar-refractivity contribution < 1.29 is 14.3 Å². The Morgan fingerprint density at radius 1 is 1.27 bits per heavy atom. The Morgan fingerprint density at radius 3 is 2.60 bits per heavy atom. The van der Waals surface area contributed by atoms with E-state index in [0.717, 1.165) is 16.5 Å². The molecule has 1 aliphatic rings. The van der Waals surface area contributed by atoms with E-state index < -0.39 is 0 Å². The SMILES string of the molecule is COc1cc(Br)c2c(c1OC)C(=O)CC2. The Hall–Kier alpha value is -1.03. The first-order valence-electron chi connectivity index (χ1n) is 4.65. The van der Waals surface area contributed by atoms with Crippen LogP contribution in [0.1, 0.15) is 22.3 Å². The quantitative estimate of drug-likeness (QED) is 0.829. The van der Waals surface area contributed by atoms with E-state index in [2.05, 4.69) is 15.9 Å². The lowest BCUT2D eigenvalue weighted by Crippen LogP contribution is -2.00. The van der Waals surface area contributed by atoms with Crippen molar-refractivity contribution in [2.45, 2.75) is 12.8 Å². The van der Waals surface area contributed by atoms with Crippen molar-refractivity contribution in [2.24, 2.45) is 0 Å². The van der Waals surface area contributed by atoms with Crippen LogP contribution in [0.4, 0.5) is 0 Å². The molecule has 2 rings (SSSR count). The van der Waals surface area contributed by atoms with Gasteiger partial charge in [0.25, 0.3) is 0 Å². The highest BCUT2D eigenvalue weighted by Crippen LogP contribution is 2.42. The van der Waals surface area contributed by atoms with E-state index in [4.69, 9.17) is 9.47 Å². The smallest absolute Gasteiger partial charge is 0.171 e. The number of halogens is 1. The molecule has 0 saturated heterocycles. The number of benzene rings is 1. The third-order valence-corrected chi connectivity index (χ3v) is 3.31. The van der Waals surface area contributed by atoms with Crippen molar-refractivity contribution >= 4 is 21.7 Å². The molecule has 0 radical (unpaired) electrons. The van der Waals surface area contributed by atoms with Gasteiger partial charge in [-0.3, -0.25) is 4.79 Å². The van der Waals surface area contributed by atoms with Gasteiger partial charge in [0, 0.05) is 10.9 Å². The van der Waals surface area contributed by atoms with Crippen LogP contribution in [0.15, 0.2) is 10.5 Å². The van der Waals surface area contributed by atoms with Crippen molar-refractivity contribution in [1.82, 2.24) is 0 Å². The second-order valence-electron chi connectivity index (χ2n) is 3.37. The molecule has 0 spiro atoms. The van der Waals surface area contributed by atoms with E-state index in [-0.39, 0.29) is 5.78 Å². The van der Waals surface area contributed by atoms with Gasteiger partial charge in [0.2, 0.25) is 0 Å². The summed E-state index contributed by atoms with van der Waals surface area (Å²) in [6.07, 6.45) is 1.33. The molecule has 0 atom stereocenters. The molecule has 0 saturated carbocycles. The number of carbonyl (C=O) groups excluding carboxylic acids is 1. The first-order chi connectivity index (χ1) is 7.19. The Labute approximate surface area is 96.5 Å². The summed E-state index contributed by atoms with van der Waals surface area (Å²) in [5, 5.41) is 0. The summed E-state index contributed by atoms with van der Waals surface area (Å²) in [6.45, 7) is 0. The van der Waals surface area contributed by atoms with Gasteiger partial charge in [0.05, 0.1) is 19.8 Å². The topological polar surface area (TPSA) is 35.5 Å². The van der Waals surface area contributed by atoms with Crippen molar-refractivity contribution in [2.75, 3.05) is 14.2 Å². The van der Waals surface area contributed by atoms with Gasteiger partial charge in [-0.2, -0.15) is 0 Å². The lowest BCUT2D eigenvalue weighted by Gasteiger charge is -2.12. The van der Waals surface area contributed by atoms with Crippen LogP contribution in [0.25, 0.3) is 0 Å². The zero-order chi connectivity index (χ0) is 11.0. The molecule has 0 aliphatic heterocycles. The average Bonchev–Trinajstić information content (AvgIpc) is 2.61. The minimum atomic E-state index is 0.126. The lowest BCUT2D eigenvalue weighted by atomic mass is 10.1. The summed E-state index contributed by atoms with van der Waals surface area (Å²) in [5.41, 5.74) is 1.70. The molecular weight excluding hydrogens is 260 g/mol. The van der Waals surface area contributed by atoms with Crippen LogP contribution in [-0.2, 0) is 6.42 Å². The fraction of sp³-hybridized carbons (Fsp3) is 0.364. The highest BCUT2D eigenvalue weighted by atomic mass is 79.9. The number of methoxy groups -OCH3 is 2. The number of Topliss-reactive ketones (excluding diaryl/α,β-unsaturated/α-hetero) is 1. The van der Waals surface area contributed by atoms with E-state index >= 15 is 0 Å². The average molecular weight is 271 g/mol. The van der Waals surface area contributed by atoms with Crippen LogP contribution in [0.5, 0.6) is 11.5 Å². The monoisotopic (exact) mass is 270 g/mol. The van der Waals surface area contributed by atoms with Crippen LogP contribution in [0, 0.1) is 0 Å². The van der Waals surface area contributed by atoms with Gasteiger partial charge < -0.3 is 9.47 Å². The normalized spacial score (nSPS) is 13.9. The van der Waals surface area contributed by atoms with Gasteiger partial charge >= 0.3 is 0 Å². The molecule has 0 aromatic heterocycles. The van der Waals surface area contributed by atoms with E-state index in [1.807, 2.05) is 6.07 Å². The Balaban J connectivity index is 2.71. The molecule has 1 aromatic rings. The van der Waals surface area contributed by atoms with E-state index in [1.54, 1.807) is 14.2 Å². The maximum atomic E-state index is 11.7. The summed E-state index contributed by atoms with van der Waals surface area (Å²) in [4.78, 5) is 11.7. The van der Waals surface area contributed by atoms with Crippen molar-refractivity contribution in [3.8, 4) is 11.5 Å². The fourth-order valence-corrected chi connectivity index (χ4v) is 2.51. The molecule has 0 bridgehead atoms. The molecule has 0 heterocycles. The van der Waals surface area contributed by atoms with Crippen LogP contribution in [0.3, 0.4) is 0 Å². The van der Waals surface area contributed by atoms with E-state index in [9.17, 15) is 4.79 Å². The summed E-state index contributed by atoms with van der Waals surface area (Å²) in [5.74, 6) is 1.28. The third-order valence-electron chi connectivity index (χ3n) is 2.60. The minimum absolute atomic E-state index is 0.126. The predicted octanol–water partition coefficient (Wildman–Crippen LogP) is 2.60. The molecule has 15 heavy (non-hydrogen) atoms. The molecule has 0 amide bonds. The number of hydrogen-bond donors (Lipinski definition) is 0. The third kappa shape index (κ3) is 1.53. The summed E-state index contributed by atoms with van der Waals surface area (Å²) in [7, 11) is 3.12. The molecule has 0 unspecified atom stereocenters. The second kappa shape index (κ2) is 3.85. The number of carbonyl (C=O) groups is 1. The number of ether oxygens (including phenoxy) is 2. The Kier molecular flexibility index (Phi) is 2.69. The van der Waals surface area contributed by atoms with Gasteiger partial charge in [-0.15, -0.1) is 0 Å². The molecule has 80 valence electrons. The fourth-order valence-electron chi connectivity index (χ4n) is 1.90. The molecule has 1 aliphatic carbocycles. The van der Waals surface area contributed by atoms with Gasteiger partial charge in [-0.05, 0) is 18.1 Å². The second-order valence-corrected chi connectivity index (χ2v) is 4.22. The van der Waals surface area contributed by atoms with E-state index in [0.29, 0.717) is 23.5 Å². The van der Waals surface area contributed by atoms with Gasteiger partial charge in [0.1, 0.15) is 0 Å². The van der Waals surface area contributed by atoms with Crippen LogP contribution in [0.2, 0.25) is 0 Å². The largest absolute Gasteiger partial charge is 0.493 e. The highest BCUT2D eigenvalue weighted by Gasteiger charge is 2.28. The Bertz CT molecular complexity index is 426. The van der Waals surface area contributed by atoms with Crippen LogP contribution >= 0.6 is 15.9 Å². The van der Waals surface area contributed by atoms with Crippen molar-refractivity contribution in [1.29, 1.82) is 0 Å². The van der Waals surface area contributed by atoms with Crippen LogP contribution < -0.4 is 9.47 Å². The van der Waals surface area contributed by atoms with E-state index in [1.165, 1.54) is 0 Å². The van der Waals surface area contributed by atoms with Crippen LogP contribution in [-0.4, -0.2) is 20.0 Å². The maximum Gasteiger partial charge on any atom is 0.171 e. The molecule has 0 N–H and O–H groups in total. The molecule has 4 heteroatoms. The van der Waals surface area contributed by atoms with Gasteiger partial charge in [0.15, 0.2) is 17.3 Å². The number of fused-ring (bicyclic) bond motifs is 1. The zero-order valence-electron chi connectivity index (χ0n) is 8.59. The highest BCUT2D eigenvalue weighted by molar-refractivity contribution is 9.10. The molecule has 0 fully saturated rings. The van der Waals surface area contributed by atoms with Gasteiger partial charge in [-0.1, -0.05) is 15.9 Å². The summed E-state index contributed by atoms with van der Waals surface area (Å²) in [6, 6.07) is 1.84. The number of rotatable bonds is 2. The first-order valence-corrected chi connectivity index (χ1v) is 5.45. The number of hydrogen-bond acceptors (Lipinski definition) is 3.